The molecule has 0 bridgehead atoms. The number of ether oxygens (including phenoxy) is 3. The Labute approximate surface area is 159 Å². The lowest BCUT2D eigenvalue weighted by Crippen LogP contribution is -2.32. The van der Waals surface area contributed by atoms with Gasteiger partial charge in [0.1, 0.15) is 11.4 Å². The highest BCUT2D eigenvalue weighted by Gasteiger charge is 2.39. The maximum absolute atomic E-state index is 13.5. The highest BCUT2D eigenvalue weighted by atomic mass is 35.5. The zero-order chi connectivity index (χ0) is 18.6. The van der Waals surface area contributed by atoms with E-state index in [1.807, 2.05) is 12.1 Å². The highest BCUT2D eigenvalue weighted by molar-refractivity contribution is 6.17. The van der Waals surface area contributed by atoms with Crippen LogP contribution in [-0.2, 0) is 16.8 Å². The quantitative estimate of drug-likeness (QED) is 0.657. The minimum Gasteiger partial charge on any atom is -0.493 e. The lowest BCUT2D eigenvalue weighted by Gasteiger charge is -2.35. The molecule has 1 aliphatic rings. The van der Waals surface area contributed by atoms with Gasteiger partial charge in [-0.1, -0.05) is 12.1 Å². The van der Waals surface area contributed by atoms with Gasteiger partial charge in [-0.05, 0) is 66.6 Å². The van der Waals surface area contributed by atoms with Crippen molar-refractivity contribution in [1.29, 1.82) is 0 Å². The second kappa shape index (κ2) is 8.28. The molecule has 0 aromatic heterocycles. The third-order valence-electron chi connectivity index (χ3n) is 4.96. The van der Waals surface area contributed by atoms with E-state index >= 15 is 0 Å². The minimum atomic E-state index is -0.673. The summed E-state index contributed by atoms with van der Waals surface area (Å²) in [5.74, 6) is 1.64. The molecule has 2 aromatic carbocycles. The molecule has 0 radical (unpaired) electrons. The second-order valence-corrected chi connectivity index (χ2v) is 6.82. The van der Waals surface area contributed by atoms with E-state index in [1.54, 1.807) is 26.4 Å². The fraction of sp³-hybridized carbons (Fsp3) is 0.429. The normalized spacial score (nSPS) is 19.5. The van der Waals surface area contributed by atoms with E-state index in [2.05, 4.69) is 0 Å². The number of alkyl halides is 1. The Balaban J connectivity index is 2.22. The van der Waals surface area contributed by atoms with Crippen LogP contribution in [0.15, 0.2) is 36.4 Å². The van der Waals surface area contributed by atoms with Gasteiger partial charge >= 0.3 is 0 Å². The summed E-state index contributed by atoms with van der Waals surface area (Å²) in [6.45, 7) is 0.624. The first kappa shape index (κ1) is 19.0. The molecule has 0 fully saturated rings. The third kappa shape index (κ3) is 3.53. The average Bonchev–Trinajstić information content (AvgIpc) is 2.85. The van der Waals surface area contributed by atoms with Crippen LogP contribution in [0.2, 0.25) is 0 Å². The predicted octanol–water partition coefficient (Wildman–Crippen LogP) is 5.07. The van der Waals surface area contributed by atoms with E-state index in [4.69, 9.17) is 25.8 Å². The summed E-state index contributed by atoms with van der Waals surface area (Å²) in [4.78, 5) is 0. The van der Waals surface area contributed by atoms with Gasteiger partial charge in [-0.15, -0.1) is 11.6 Å². The number of methoxy groups -OCH3 is 2. The zero-order valence-corrected chi connectivity index (χ0v) is 15.9. The van der Waals surface area contributed by atoms with E-state index in [9.17, 15) is 4.39 Å². The van der Waals surface area contributed by atoms with Crippen molar-refractivity contribution in [3.8, 4) is 11.5 Å². The molecule has 1 atom stereocenters. The van der Waals surface area contributed by atoms with Crippen LogP contribution >= 0.6 is 11.6 Å². The van der Waals surface area contributed by atoms with Crippen LogP contribution in [0.3, 0.4) is 0 Å². The van der Waals surface area contributed by atoms with Crippen LogP contribution in [0.4, 0.5) is 4.39 Å². The van der Waals surface area contributed by atoms with Crippen LogP contribution in [0.5, 0.6) is 11.5 Å². The maximum atomic E-state index is 13.5. The summed E-state index contributed by atoms with van der Waals surface area (Å²) in [7, 11) is 3.26. The molecular formula is C21H24ClFO3. The second-order valence-electron chi connectivity index (χ2n) is 6.44. The Kier molecular flexibility index (Phi) is 6.05. The highest BCUT2D eigenvalue weighted by Crippen LogP contribution is 2.45. The number of aryl methyl sites for hydroxylation is 1. The van der Waals surface area contributed by atoms with Crippen LogP contribution in [-0.4, -0.2) is 26.7 Å². The molecule has 0 saturated carbocycles. The Hall–Kier alpha value is -1.78. The predicted molar refractivity (Wildman–Crippen MR) is 101 cm³/mol. The summed E-state index contributed by atoms with van der Waals surface area (Å²) in [5.41, 5.74) is 2.47. The van der Waals surface area contributed by atoms with Gasteiger partial charge in [0, 0.05) is 12.5 Å². The molecule has 1 unspecified atom stereocenters. The molecule has 0 saturated heterocycles. The van der Waals surface area contributed by atoms with Gasteiger partial charge in [0.05, 0.1) is 14.2 Å². The summed E-state index contributed by atoms with van der Waals surface area (Å²) in [6, 6.07) is 10.6. The number of fused-ring (bicyclic) bond motifs is 1. The first-order chi connectivity index (χ1) is 12.6. The molecule has 26 heavy (non-hydrogen) atoms. The molecule has 0 aliphatic carbocycles. The van der Waals surface area contributed by atoms with Gasteiger partial charge < -0.3 is 14.2 Å². The Morgan fingerprint density at radius 2 is 1.81 bits per heavy atom. The van der Waals surface area contributed by atoms with E-state index in [0.29, 0.717) is 30.4 Å². The molecule has 1 heterocycles. The van der Waals surface area contributed by atoms with Gasteiger partial charge in [0.25, 0.3) is 0 Å². The molecule has 3 rings (SSSR count). The molecule has 2 aromatic rings. The van der Waals surface area contributed by atoms with E-state index in [0.717, 1.165) is 30.4 Å². The zero-order valence-electron chi connectivity index (χ0n) is 15.2. The van der Waals surface area contributed by atoms with Gasteiger partial charge in [-0.3, -0.25) is 0 Å². The fourth-order valence-electron chi connectivity index (χ4n) is 3.72. The fourth-order valence-corrected chi connectivity index (χ4v) is 3.85. The van der Waals surface area contributed by atoms with E-state index in [1.165, 1.54) is 17.7 Å². The lowest BCUT2D eigenvalue weighted by atomic mass is 9.79. The number of benzene rings is 2. The minimum absolute atomic E-state index is 0.262. The molecule has 0 N–H and O–H groups in total. The topological polar surface area (TPSA) is 27.7 Å². The van der Waals surface area contributed by atoms with Crippen LogP contribution < -0.4 is 9.47 Å². The molecule has 0 amide bonds. The summed E-state index contributed by atoms with van der Waals surface area (Å²) in [6.07, 6.45) is 3.29. The number of halogens is 2. The van der Waals surface area contributed by atoms with Gasteiger partial charge in [0.2, 0.25) is 0 Å². The van der Waals surface area contributed by atoms with Crippen molar-refractivity contribution in [3.05, 3.63) is 58.9 Å². The SMILES string of the molecule is COc1cc2c(cc1OC)C(CCCCl)(c1ccc(F)cc1)OCCC2. The maximum Gasteiger partial charge on any atom is 0.161 e. The van der Waals surface area contributed by atoms with Gasteiger partial charge in [-0.25, -0.2) is 4.39 Å². The first-order valence-corrected chi connectivity index (χ1v) is 9.39. The van der Waals surface area contributed by atoms with Crippen LogP contribution in [0, 0.1) is 5.82 Å². The van der Waals surface area contributed by atoms with Crippen molar-refractivity contribution in [2.24, 2.45) is 0 Å². The Bertz CT molecular complexity index is 748. The summed E-state index contributed by atoms with van der Waals surface area (Å²) >= 11 is 6.01. The number of hydrogen-bond acceptors (Lipinski definition) is 3. The van der Waals surface area contributed by atoms with E-state index in [-0.39, 0.29) is 5.82 Å². The molecule has 0 spiro atoms. The van der Waals surface area contributed by atoms with Gasteiger partial charge in [0.15, 0.2) is 11.5 Å². The largest absolute Gasteiger partial charge is 0.493 e. The van der Waals surface area contributed by atoms with Crippen molar-refractivity contribution in [3.63, 3.8) is 0 Å². The number of hydrogen-bond donors (Lipinski definition) is 0. The van der Waals surface area contributed by atoms with Crippen molar-refractivity contribution >= 4 is 11.6 Å². The Morgan fingerprint density at radius 3 is 2.46 bits per heavy atom. The lowest BCUT2D eigenvalue weighted by molar-refractivity contribution is -0.0218. The summed E-state index contributed by atoms with van der Waals surface area (Å²) < 4.78 is 31.0. The monoisotopic (exact) mass is 378 g/mol. The van der Waals surface area contributed by atoms with Crippen molar-refractivity contribution in [2.75, 3.05) is 26.7 Å². The smallest absolute Gasteiger partial charge is 0.161 e. The van der Waals surface area contributed by atoms with Crippen LogP contribution in [0.25, 0.3) is 0 Å². The molecule has 1 aliphatic heterocycles. The molecule has 140 valence electrons. The third-order valence-corrected chi connectivity index (χ3v) is 5.22. The standard InChI is InChI=1S/C21H24ClFO3/c1-24-19-13-15-5-3-12-26-21(10-4-11-22,18(15)14-20(19)25-2)16-6-8-17(23)9-7-16/h6-9,13-14H,3-5,10-12H2,1-2H3. The van der Waals surface area contributed by atoms with Crippen molar-refractivity contribution < 1.29 is 18.6 Å². The number of rotatable bonds is 6. The molecule has 3 nitrogen and oxygen atoms in total. The first-order valence-electron chi connectivity index (χ1n) is 8.86. The molecular weight excluding hydrogens is 355 g/mol. The van der Waals surface area contributed by atoms with E-state index < -0.39 is 5.60 Å². The summed E-state index contributed by atoms with van der Waals surface area (Å²) in [5, 5.41) is 0. The Morgan fingerprint density at radius 1 is 1.12 bits per heavy atom. The average molecular weight is 379 g/mol. The molecule has 5 heteroatoms. The van der Waals surface area contributed by atoms with Gasteiger partial charge in [-0.2, -0.15) is 0 Å². The van der Waals surface area contributed by atoms with Crippen molar-refractivity contribution in [1.82, 2.24) is 0 Å². The van der Waals surface area contributed by atoms with Crippen molar-refractivity contribution in [2.45, 2.75) is 31.3 Å². The van der Waals surface area contributed by atoms with Crippen LogP contribution in [0.1, 0.15) is 36.0 Å².